The first-order chi connectivity index (χ1) is 7.17. The van der Waals surface area contributed by atoms with Crippen LogP contribution in [-0.2, 0) is 0 Å². The zero-order valence-electron chi connectivity index (χ0n) is 11.0. The van der Waals surface area contributed by atoms with Gasteiger partial charge in [0.1, 0.15) is 11.2 Å². The highest BCUT2D eigenvalue weighted by molar-refractivity contribution is 5.39. The quantitative estimate of drug-likeness (QED) is 0.755. The zero-order chi connectivity index (χ0) is 12.4. The van der Waals surface area contributed by atoms with Crippen LogP contribution in [0.2, 0.25) is 0 Å². The Morgan fingerprint density at radius 2 is 1.38 bits per heavy atom. The Kier molecular flexibility index (Phi) is 3.51. The van der Waals surface area contributed by atoms with Crippen molar-refractivity contribution < 1.29 is 9.47 Å². The molecule has 1 aromatic carbocycles. The summed E-state index contributed by atoms with van der Waals surface area (Å²) >= 11 is 0. The number of hydrogen-bond acceptors (Lipinski definition) is 2. The van der Waals surface area contributed by atoms with Crippen LogP contribution in [-0.4, -0.2) is 11.2 Å². The van der Waals surface area contributed by atoms with E-state index in [0.29, 0.717) is 0 Å². The summed E-state index contributed by atoms with van der Waals surface area (Å²) in [5.41, 5.74) is -0.456. The fourth-order valence-corrected chi connectivity index (χ4v) is 1.22. The first-order valence-electron chi connectivity index (χ1n) is 5.55. The maximum absolute atomic E-state index is 5.83. The molecule has 0 aromatic heterocycles. The third kappa shape index (κ3) is 4.56. The molecule has 0 heterocycles. The Balaban J connectivity index is 2.92. The van der Waals surface area contributed by atoms with Crippen LogP contribution in [0.3, 0.4) is 0 Å². The van der Waals surface area contributed by atoms with Crippen LogP contribution >= 0.6 is 0 Å². The summed E-state index contributed by atoms with van der Waals surface area (Å²) in [5.74, 6) is 1.51. The van der Waals surface area contributed by atoms with E-state index in [1.54, 1.807) is 0 Å². The second-order valence-corrected chi connectivity index (χ2v) is 5.80. The van der Waals surface area contributed by atoms with Crippen molar-refractivity contribution in [2.24, 2.45) is 0 Å². The van der Waals surface area contributed by atoms with Crippen LogP contribution in [0.4, 0.5) is 0 Å². The number of benzene rings is 1. The van der Waals surface area contributed by atoms with E-state index >= 15 is 0 Å². The molecule has 0 spiro atoms. The standard InChI is InChI=1S/C14H21O2/c1-13(2,3)15-11-9-7-8-10-12(11)16-14(4,5)6/h7,9-10H,1-6H3. The van der Waals surface area contributed by atoms with Gasteiger partial charge in [-0.05, 0) is 59.7 Å². The lowest BCUT2D eigenvalue weighted by molar-refractivity contribution is 0.0957. The van der Waals surface area contributed by atoms with Crippen molar-refractivity contribution in [3.8, 4) is 11.5 Å². The first-order valence-corrected chi connectivity index (χ1v) is 5.55. The summed E-state index contributed by atoms with van der Waals surface area (Å²) in [6.45, 7) is 12.1. The van der Waals surface area contributed by atoms with Gasteiger partial charge >= 0.3 is 0 Å². The van der Waals surface area contributed by atoms with Crippen LogP contribution < -0.4 is 9.47 Å². The summed E-state index contributed by atoms with van der Waals surface area (Å²) < 4.78 is 11.7. The first kappa shape index (κ1) is 12.9. The average molecular weight is 221 g/mol. The van der Waals surface area contributed by atoms with Gasteiger partial charge in [0.25, 0.3) is 0 Å². The molecule has 0 saturated heterocycles. The summed E-state index contributed by atoms with van der Waals surface area (Å²) in [6, 6.07) is 8.53. The van der Waals surface area contributed by atoms with Crippen LogP contribution in [0.1, 0.15) is 41.5 Å². The lowest BCUT2D eigenvalue weighted by Gasteiger charge is -2.26. The molecule has 0 atom stereocenters. The van der Waals surface area contributed by atoms with Crippen LogP contribution in [0.15, 0.2) is 18.2 Å². The van der Waals surface area contributed by atoms with Crippen LogP contribution in [0.5, 0.6) is 11.5 Å². The van der Waals surface area contributed by atoms with Gasteiger partial charge in [-0.15, -0.1) is 0 Å². The molecule has 0 aliphatic rings. The second kappa shape index (κ2) is 4.36. The Morgan fingerprint density at radius 1 is 0.875 bits per heavy atom. The lowest BCUT2D eigenvalue weighted by Crippen LogP contribution is -2.26. The minimum atomic E-state index is -0.231. The molecular formula is C14H21O2. The fraction of sp³-hybridized carbons (Fsp3) is 0.571. The van der Waals surface area contributed by atoms with Gasteiger partial charge in [-0.3, -0.25) is 0 Å². The predicted octanol–water partition coefficient (Wildman–Crippen LogP) is 3.84. The highest BCUT2D eigenvalue weighted by Crippen LogP contribution is 2.32. The lowest BCUT2D eigenvalue weighted by atomic mass is 10.1. The van der Waals surface area contributed by atoms with Crippen LogP contribution in [0, 0.1) is 6.07 Å². The van der Waals surface area contributed by atoms with E-state index in [1.807, 2.05) is 59.7 Å². The molecule has 1 aromatic rings. The van der Waals surface area contributed by atoms with Crippen molar-refractivity contribution in [3.63, 3.8) is 0 Å². The molecule has 0 saturated carbocycles. The molecule has 0 aliphatic heterocycles. The molecule has 0 unspecified atom stereocenters. The van der Waals surface area contributed by atoms with Gasteiger partial charge in [-0.25, -0.2) is 0 Å². The molecular weight excluding hydrogens is 200 g/mol. The number of hydrogen-bond donors (Lipinski definition) is 0. The van der Waals surface area contributed by atoms with Gasteiger partial charge in [0.2, 0.25) is 0 Å². The number of rotatable bonds is 2. The topological polar surface area (TPSA) is 18.5 Å². The van der Waals surface area contributed by atoms with Gasteiger partial charge < -0.3 is 9.47 Å². The third-order valence-electron chi connectivity index (χ3n) is 1.62. The minimum absolute atomic E-state index is 0.225. The van der Waals surface area contributed by atoms with Crippen molar-refractivity contribution in [2.75, 3.05) is 0 Å². The number of ether oxygens (including phenoxy) is 2. The van der Waals surface area contributed by atoms with Gasteiger partial charge in [-0.2, -0.15) is 0 Å². The van der Waals surface area contributed by atoms with Gasteiger partial charge in [0.05, 0.1) is 0 Å². The van der Waals surface area contributed by atoms with Crippen LogP contribution in [0.25, 0.3) is 0 Å². The van der Waals surface area contributed by atoms with E-state index in [0.717, 1.165) is 11.5 Å². The van der Waals surface area contributed by atoms with Crippen molar-refractivity contribution in [1.82, 2.24) is 0 Å². The summed E-state index contributed by atoms with van der Waals surface area (Å²) in [5, 5.41) is 0. The molecule has 2 nitrogen and oxygen atoms in total. The predicted molar refractivity (Wildman–Crippen MR) is 66.0 cm³/mol. The largest absolute Gasteiger partial charge is 0.484 e. The summed E-state index contributed by atoms with van der Waals surface area (Å²) in [4.78, 5) is 0. The van der Waals surface area contributed by atoms with E-state index in [-0.39, 0.29) is 11.2 Å². The average Bonchev–Trinajstić information content (AvgIpc) is 2.03. The normalized spacial score (nSPS) is 12.4. The Bertz CT molecular complexity index is 307. The highest BCUT2D eigenvalue weighted by Gasteiger charge is 2.18. The fourth-order valence-electron chi connectivity index (χ4n) is 1.22. The molecule has 0 fully saturated rings. The van der Waals surface area contributed by atoms with E-state index < -0.39 is 0 Å². The molecule has 2 heteroatoms. The maximum atomic E-state index is 5.83. The van der Waals surface area contributed by atoms with Crippen molar-refractivity contribution in [3.05, 3.63) is 24.3 Å². The Morgan fingerprint density at radius 3 is 1.88 bits per heavy atom. The highest BCUT2D eigenvalue weighted by atomic mass is 16.5. The summed E-state index contributed by atoms with van der Waals surface area (Å²) in [7, 11) is 0. The second-order valence-electron chi connectivity index (χ2n) is 5.80. The maximum Gasteiger partial charge on any atom is 0.162 e. The van der Waals surface area contributed by atoms with Crippen molar-refractivity contribution >= 4 is 0 Å². The molecule has 0 N–H and O–H groups in total. The van der Waals surface area contributed by atoms with E-state index in [1.165, 1.54) is 0 Å². The summed E-state index contributed by atoms with van der Waals surface area (Å²) in [6.07, 6.45) is 0. The van der Waals surface area contributed by atoms with Gasteiger partial charge in [-0.1, -0.05) is 6.07 Å². The molecule has 0 aliphatic carbocycles. The SMILES string of the molecule is CC(C)(C)Oc1c[c]ccc1OC(C)(C)C. The van der Waals surface area contributed by atoms with E-state index in [4.69, 9.17) is 9.47 Å². The smallest absolute Gasteiger partial charge is 0.162 e. The minimum Gasteiger partial charge on any atom is -0.484 e. The Hall–Kier alpha value is -1.18. The third-order valence-corrected chi connectivity index (χ3v) is 1.62. The van der Waals surface area contributed by atoms with Gasteiger partial charge in [0.15, 0.2) is 11.5 Å². The Labute approximate surface area is 98.6 Å². The molecule has 16 heavy (non-hydrogen) atoms. The molecule has 1 rings (SSSR count). The molecule has 0 bridgehead atoms. The van der Waals surface area contributed by atoms with Crippen molar-refractivity contribution in [2.45, 2.75) is 52.7 Å². The van der Waals surface area contributed by atoms with E-state index in [9.17, 15) is 0 Å². The zero-order valence-corrected chi connectivity index (χ0v) is 11.0. The monoisotopic (exact) mass is 221 g/mol. The molecule has 1 radical (unpaired) electrons. The van der Waals surface area contributed by atoms with E-state index in [2.05, 4.69) is 6.07 Å². The molecule has 89 valence electrons. The molecule has 0 amide bonds. The van der Waals surface area contributed by atoms with Gasteiger partial charge in [0, 0.05) is 0 Å². The van der Waals surface area contributed by atoms with Crippen molar-refractivity contribution in [1.29, 1.82) is 0 Å².